The number of aldehydes is 1. The average molecular weight is 275 g/mol. The lowest BCUT2D eigenvalue weighted by atomic mass is 10.1. The van der Waals surface area contributed by atoms with Crippen molar-refractivity contribution in [1.29, 1.82) is 0 Å². The lowest BCUT2D eigenvalue weighted by molar-refractivity contribution is 0.112. The van der Waals surface area contributed by atoms with Crippen molar-refractivity contribution in [1.82, 2.24) is 0 Å². The van der Waals surface area contributed by atoms with Gasteiger partial charge in [0.25, 0.3) is 0 Å². The molecule has 2 aromatic carbocycles. The highest BCUT2D eigenvalue weighted by Crippen LogP contribution is 2.31. The zero-order valence-electron chi connectivity index (χ0n) is 8.24. The number of benzene rings is 2. The van der Waals surface area contributed by atoms with Crippen molar-refractivity contribution in [3.63, 3.8) is 0 Å². The zero-order chi connectivity index (χ0) is 11.1. The fraction of sp³-hybridized carbons (Fsp3) is 0. The van der Waals surface area contributed by atoms with Crippen molar-refractivity contribution in [3.05, 3.63) is 46.4 Å². The van der Waals surface area contributed by atoms with Crippen molar-refractivity contribution in [2.24, 2.45) is 0 Å². The van der Waals surface area contributed by atoms with Gasteiger partial charge in [0, 0.05) is 20.8 Å². The number of carbonyl (C=O) groups is 1. The number of carbonyl (C=O) groups excluding carboxylic acids is 1. The first-order chi connectivity index (χ1) is 7.78. The maximum absolute atomic E-state index is 10.7. The highest BCUT2D eigenvalue weighted by molar-refractivity contribution is 9.10. The van der Waals surface area contributed by atoms with Crippen LogP contribution in [-0.2, 0) is 0 Å². The van der Waals surface area contributed by atoms with E-state index >= 15 is 0 Å². The van der Waals surface area contributed by atoms with Crippen LogP contribution in [0.1, 0.15) is 10.4 Å². The summed E-state index contributed by atoms with van der Waals surface area (Å²) in [5.74, 6) is 0. The first kappa shape index (κ1) is 9.60. The Kier molecular flexibility index (Phi) is 2.07. The molecule has 3 aromatic rings. The van der Waals surface area contributed by atoms with Gasteiger partial charge in [-0.1, -0.05) is 15.9 Å². The van der Waals surface area contributed by atoms with Gasteiger partial charge in [-0.25, -0.2) is 0 Å². The molecule has 0 atom stereocenters. The van der Waals surface area contributed by atoms with Crippen LogP contribution in [-0.4, -0.2) is 6.29 Å². The van der Waals surface area contributed by atoms with E-state index < -0.39 is 0 Å². The summed E-state index contributed by atoms with van der Waals surface area (Å²) in [6.45, 7) is 0. The minimum Gasteiger partial charge on any atom is -0.456 e. The molecule has 0 fully saturated rings. The van der Waals surface area contributed by atoms with Gasteiger partial charge in [-0.15, -0.1) is 0 Å². The van der Waals surface area contributed by atoms with Crippen LogP contribution in [0.15, 0.2) is 45.3 Å². The third-order valence-corrected chi connectivity index (χ3v) is 3.08. The Hall–Kier alpha value is -1.61. The van der Waals surface area contributed by atoms with Crippen LogP contribution in [0.2, 0.25) is 0 Å². The topological polar surface area (TPSA) is 30.2 Å². The highest BCUT2D eigenvalue weighted by atomic mass is 79.9. The second-order valence-corrected chi connectivity index (χ2v) is 4.53. The SMILES string of the molecule is O=Cc1ccc2oc3ccc(Br)cc3c2c1. The van der Waals surface area contributed by atoms with Crippen LogP contribution in [0, 0.1) is 0 Å². The van der Waals surface area contributed by atoms with E-state index in [-0.39, 0.29) is 0 Å². The number of hydrogen-bond acceptors (Lipinski definition) is 2. The molecule has 3 rings (SSSR count). The van der Waals surface area contributed by atoms with Crippen molar-refractivity contribution >= 4 is 44.2 Å². The predicted octanol–water partition coefficient (Wildman–Crippen LogP) is 4.16. The van der Waals surface area contributed by atoms with Gasteiger partial charge in [0.1, 0.15) is 17.5 Å². The van der Waals surface area contributed by atoms with Crippen LogP contribution in [0.3, 0.4) is 0 Å². The van der Waals surface area contributed by atoms with Gasteiger partial charge in [0.15, 0.2) is 0 Å². The second kappa shape index (κ2) is 3.46. The molecular weight excluding hydrogens is 268 g/mol. The Balaban J connectivity index is 2.49. The predicted molar refractivity (Wildman–Crippen MR) is 66.8 cm³/mol. The van der Waals surface area contributed by atoms with Gasteiger partial charge < -0.3 is 4.42 Å². The van der Waals surface area contributed by atoms with Gasteiger partial charge in [-0.3, -0.25) is 4.79 Å². The summed E-state index contributed by atoms with van der Waals surface area (Å²) in [7, 11) is 0. The molecule has 0 spiro atoms. The van der Waals surface area contributed by atoms with Crippen LogP contribution in [0.5, 0.6) is 0 Å². The smallest absolute Gasteiger partial charge is 0.150 e. The normalized spacial score (nSPS) is 11.1. The van der Waals surface area contributed by atoms with Crippen LogP contribution in [0.25, 0.3) is 21.9 Å². The first-order valence-corrected chi connectivity index (χ1v) is 5.64. The maximum atomic E-state index is 10.7. The van der Waals surface area contributed by atoms with E-state index in [4.69, 9.17) is 4.42 Å². The van der Waals surface area contributed by atoms with Gasteiger partial charge >= 0.3 is 0 Å². The molecule has 1 heterocycles. The van der Waals surface area contributed by atoms with E-state index in [1.54, 1.807) is 6.07 Å². The summed E-state index contributed by atoms with van der Waals surface area (Å²) in [5.41, 5.74) is 2.30. The summed E-state index contributed by atoms with van der Waals surface area (Å²) in [6.07, 6.45) is 0.844. The maximum Gasteiger partial charge on any atom is 0.150 e. The zero-order valence-corrected chi connectivity index (χ0v) is 9.82. The van der Waals surface area contributed by atoms with Crippen molar-refractivity contribution in [2.75, 3.05) is 0 Å². The molecule has 0 saturated heterocycles. The molecule has 0 aliphatic carbocycles. The molecule has 16 heavy (non-hydrogen) atoms. The highest BCUT2D eigenvalue weighted by Gasteiger charge is 2.07. The third-order valence-electron chi connectivity index (χ3n) is 2.59. The number of furan rings is 1. The summed E-state index contributed by atoms with van der Waals surface area (Å²) in [5, 5.41) is 1.99. The fourth-order valence-corrected chi connectivity index (χ4v) is 2.20. The van der Waals surface area contributed by atoms with Gasteiger partial charge in [0.05, 0.1) is 0 Å². The molecule has 0 aliphatic rings. The van der Waals surface area contributed by atoms with E-state index in [1.807, 2.05) is 30.3 Å². The summed E-state index contributed by atoms with van der Waals surface area (Å²) >= 11 is 3.43. The van der Waals surface area contributed by atoms with E-state index in [1.165, 1.54) is 0 Å². The fourth-order valence-electron chi connectivity index (χ4n) is 1.84. The molecule has 1 aromatic heterocycles. The molecule has 0 amide bonds. The van der Waals surface area contributed by atoms with E-state index in [0.29, 0.717) is 5.56 Å². The Morgan fingerprint density at radius 3 is 2.44 bits per heavy atom. The van der Waals surface area contributed by atoms with Crippen LogP contribution in [0.4, 0.5) is 0 Å². The Bertz CT molecular complexity index is 698. The van der Waals surface area contributed by atoms with Gasteiger partial charge in [-0.2, -0.15) is 0 Å². The van der Waals surface area contributed by atoms with Crippen molar-refractivity contribution < 1.29 is 9.21 Å². The van der Waals surface area contributed by atoms with E-state index in [0.717, 1.165) is 32.7 Å². The Morgan fingerprint density at radius 2 is 1.69 bits per heavy atom. The molecule has 78 valence electrons. The Labute approximate surface area is 100.0 Å². The van der Waals surface area contributed by atoms with Crippen molar-refractivity contribution in [3.8, 4) is 0 Å². The second-order valence-electron chi connectivity index (χ2n) is 3.62. The molecule has 0 radical (unpaired) electrons. The lowest BCUT2D eigenvalue weighted by Crippen LogP contribution is -1.76. The lowest BCUT2D eigenvalue weighted by Gasteiger charge is -1.91. The molecule has 2 nitrogen and oxygen atoms in total. The monoisotopic (exact) mass is 274 g/mol. The minimum absolute atomic E-state index is 0.662. The van der Waals surface area contributed by atoms with E-state index in [9.17, 15) is 4.79 Å². The third kappa shape index (κ3) is 1.36. The molecular formula is C13H7BrO2. The number of hydrogen-bond donors (Lipinski definition) is 0. The van der Waals surface area contributed by atoms with Gasteiger partial charge in [0.2, 0.25) is 0 Å². The number of fused-ring (bicyclic) bond motifs is 3. The quantitative estimate of drug-likeness (QED) is 0.624. The van der Waals surface area contributed by atoms with Crippen molar-refractivity contribution in [2.45, 2.75) is 0 Å². The Morgan fingerprint density at radius 1 is 1.00 bits per heavy atom. The van der Waals surface area contributed by atoms with E-state index in [2.05, 4.69) is 15.9 Å². The molecule has 3 heteroatoms. The molecule has 0 N–H and O–H groups in total. The van der Waals surface area contributed by atoms with Gasteiger partial charge in [-0.05, 0) is 36.4 Å². The molecule has 0 bridgehead atoms. The summed E-state index contributed by atoms with van der Waals surface area (Å²) < 4.78 is 6.67. The molecule has 0 unspecified atom stereocenters. The standard InChI is InChI=1S/C13H7BrO2/c14-9-2-4-13-11(6-9)10-5-8(7-15)1-3-12(10)16-13/h1-7H. The number of rotatable bonds is 1. The van der Waals surface area contributed by atoms with Crippen LogP contribution >= 0.6 is 15.9 Å². The molecule has 0 saturated carbocycles. The largest absolute Gasteiger partial charge is 0.456 e. The summed E-state index contributed by atoms with van der Waals surface area (Å²) in [6, 6.07) is 11.3. The minimum atomic E-state index is 0.662. The van der Waals surface area contributed by atoms with Crippen LogP contribution < -0.4 is 0 Å². The number of halogens is 1. The first-order valence-electron chi connectivity index (χ1n) is 4.85. The summed E-state index contributed by atoms with van der Waals surface area (Å²) in [4.78, 5) is 10.7. The average Bonchev–Trinajstić information content (AvgIpc) is 2.66. The molecule has 0 aliphatic heterocycles.